The number of anilines is 2. The van der Waals surface area contributed by atoms with E-state index in [1.807, 2.05) is 7.05 Å². The highest BCUT2D eigenvalue weighted by molar-refractivity contribution is 7.17. The van der Waals surface area contributed by atoms with Crippen molar-refractivity contribution in [2.75, 3.05) is 56.2 Å². The summed E-state index contributed by atoms with van der Waals surface area (Å²) < 4.78 is 11.2. The number of cyclic esters (lactones) is 1. The van der Waals surface area contributed by atoms with Crippen LogP contribution >= 0.6 is 22.9 Å². The summed E-state index contributed by atoms with van der Waals surface area (Å²) in [6, 6.07) is 10.4. The number of nitrogens with zero attached hydrogens (tertiary/aromatic N) is 3. The van der Waals surface area contributed by atoms with Crippen molar-refractivity contribution >= 4 is 52.2 Å². The molecule has 2 aliphatic rings. The second-order valence-electron chi connectivity index (χ2n) is 8.87. The minimum atomic E-state index is -1.02. The number of nitrogens with one attached hydrogen (secondary N) is 1. The molecule has 0 bridgehead atoms. The SMILES string of the molecule is CNCCCCC(O)N(C[C@H]1CN(c2ccc(N3CCOCC3=O)cc2)C(=O)O1)C(=O)c1ccc(Cl)s1. The lowest BCUT2D eigenvalue weighted by atomic mass is 10.2. The Kier molecular flexibility index (Phi) is 9.38. The van der Waals surface area contributed by atoms with Gasteiger partial charge in [-0.25, -0.2) is 4.79 Å². The molecule has 2 saturated heterocycles. The minimum absolute atomic E-state index is 0.0458. The van der Waals surface area contributed by atoms with Crippen LogP contribution in [0.3, 0.4) is 0 Å². The number of carbonyl (C=O) groups is 3. The molecule has 1 aromatic carbocycles. The van der Waals surface area contributed by atoms with Gasteiger partial charge in [-0.3, -0.25) is 14.5 Å². The fraction of sp³-hybridized carbons (Fsp3) is 0.480. The van der Waals surface area contributed by atoms with Crippen LogP contribution in [0.15, 0.2) is 36.4 Å². The van der Waals surface area contributed by atoms with E-state index in [1.54, 1.807) is 41.3 Å². The summed E-state index contributed by atoms with van der Waals surface area (Å²) in [5.41, 5.74) is 1.35. The van der Waals surface area contributed by atoms with Gasteiger partial charge in [-0.15, -0.1) is 11.3 Å². The Morgan fingerprint density at radius 3 is 2.57 bits per heavy atom. The molecular weight excluding hydrogens is 520 g/mol. The quantitative estimate of drug-likeness (QED) is 0.327. The van der Waals surface area contributed by atoms with Crippen molar-refractivity contribution in [3.05, 3.63) is 45.6 Å². The number of aliphatic hydroxyl groups excluding tert-OH is 1. The molecule has 2 aliphatic heterocycles. The normalized spacial score (nSPS) is 18.7. The molecule has 10 nitrogen and oxygen atoms in total. The number of hydrogen-bond donors (Lipinski definition) is 2. The number of halogens is 1. The highest BCUT2D eigenvalue weighted by atomic mass is 35.5. The van der Waals surface area contributed by atoms with Crippen molar-refractivity contribution in [3.8, 4) is 0 Å². The molecule has 3 amide bonds. The first-order valence-electron chi connectivity index (χ1n) is 12.2. The molecule has 37 heavy (non-hydrogen) atoms. The lowest BCUT2D eigenvalue weighted by molar-refractivity contribution is -0.125. The fourth-order valence-corrected chi connectivity index (χ4v) is 5.34. The number of unbranched alkanes of at least 4 members (excludes halogenated alkanes) is 1. The van der Waals surface area contributed by atoms with E-state index in [9.17, 15) is 19.5 Å². The Hall–Kier alpha value is -2.70. The van der Waals surface area contributed by atoms with Gasteiger partial charge in [0.05, 0.1) is 28.9 Å². The number of aliphatic hydroxyl groups is 1. The predicted octanol–water partition coefficient (Wildman–Crippen LogP) is 2.94. The number of benzene rings is 1. The summed E-state index contributed by atoms with van der Waals surface area (Å²) >= 11 is 7.17. The van der Waals surface area contributed by atoms with Crippen molar-refractivity contribution in [2.45, 2.75) is 31.6 Å². The third kappa shape index (κ3) is 6.79. The van der Waals surface area contributed by atoms with E-state index in [-0.39, 0.29) is 31.5 Å². The molecule has 1 aromatic heterocycles. The second kappa shape index (κ2) is 12.7. The fourth-order valence-electron chi connectivity index (χ4n) is 4.35. The van der Waals surface area contributed by atoms with Gasteiger partial charge in [0.15, 0.2) is 0 Å². The molecule has 1 unspecified atom stereocenters. The third-order valence-corrected chi connectivity index (χ3v) is 7.50. The van der Waals surface area contributed by atoms with E-state index in [1.165, 1.54) is 9.80 Å². The van der Waals surface area contributed by atoms with Crippen molar-refractivity contribution in [3.63, 3.8) is 0 Å². The molecule has 12 heteroatoms. The number of carbonyl (C=O) groups excluding carboxylic acids is 3. The van der Waals surface area contributed by atoms with E-state index < -0.39 is 18.4 Å². The highest BCUT2D eigenvalue weighted by Crippen LogP contribution is 2.28. The van der Waals surface area contributed by atoms with Crippen molar-refractivity contribution in [1.29, 1.82) is 0 Å². The Balaban J connectivity index is 1.43. The van der Waals surface area contributed by atoms with Crippen LogP contribution in [0.4, 0.5) is 16.2 Å². The van der Waals surface area contributed by atoms with Gasteiger partial charge in [0.1, 0.15) is 18.9 Å². The standard InChI is InChI=1S/C25H31ClN4O6S/c1-27-11-3-2-4-22(31)30(24(33)20-9-10-21(26)37-20)15-19-14-29(25(34)36-19)18-7-5-17(6-8-18)28-12-13-35-16-23(28)32/h5-10,19,22,27,31H,2-4,11-16H2,1H3/t19-,22?/m1/s1. The molecular formula is C25H31ClN4O6S. The van der Waals surface area contributed by atoms with Crippen LogP contribution in [0.25, 0.3) is 0 Å². The molecule has 2 atom stereocenters. The largest absolute Gasteiger partial charge is 0.442 e. The zero-order valence-electron chi connectivity index (χ0n) is 20.6. The van der Waals surface area contributed by atoms with Crippen molar-refractivity contribution in [2.24, 2.45) is 0 Å². The van der Waals surface area contributed by atoms with Crippen LogP contribution in [0.2, 0.25) is 4.34 Å². The van der Waals surface area contributed by atoms with E-state index in [0.29, 0.717) is 34.5 Å². The van der Waals surface area contributed by atoms with Crippen molar-refractivity contribution < 1.29 is 29.0 Å². The maximum atomic E-state index is 13.2. The Morgan fingerprint density at radius 2 is 1.92 bits per heavy atom. The molecule has 0 aliphatic carbocycles. The summed E-state index contributed by atoms with van der Waals surface area (Å²) in [6.45, 7) is 2.08. The summed E-state index contributed by atoms with van der Waals surface area (Å²) in [5, 5.41) is 14.0. The minimum Gasteiger partial charge on any atom is -0.442 e. The Morgan fingerprint density at radius 1 is 1.19 bits per heavy atom. The topological polar surface area (TPSA) is 112 Å². The van der Waals surface area contributed by atoms with Gasteiger partial charge in [-0.05, 0) is 69.3 Å². The van der Waals surface area contributed by atoms with Gasteiger partial charge in [-0.2, -0.15) is 0 Å². The molecule has 2 fully saturated rings. The number of morpholine rings is 1. The molecule has 0 spiro atoms. The Bertz CT molecular complexity index is 1100. The maximum absolute atomic E-state index is 13.2. The maximum Gasteiger partial charge on any atom is 0.414 e. The Labute approximate surface area is 224 Å². The summed E-state index contributed by atoms with van der Waals surface area (Å²) in [7, 11) is 1.86. The first-order valence-corrected chi connectivity index (χ1v) is 13.4. The van der Waals surface area contributed by atoms with Crippen LogP contribution in [0.5, 0.6) is 0 Å². The molecule has 2 aromatic rings. The number of ether oxygens (including phenoxy) is 2. The molecule has 0 radical (unpaired) electrons. The number of hydrogen-bond acceptors (Lipinski definition) is 8. The molecule has 2 N–H and O–H groups in total. The summed E-state index contributed by atoms with van der Waals surface area (Å²) in [4.78, 5) is 42.9. The van der Waals surface area contributed by atoms with Crippen LogP contribution in [-0.4, -0.2) is 86.7 Å². The van der Waals surface area contributed by atoms with Crippen LogP contribution in [0, 0.1) is 0 Å². The average Bonchev–Trinajstić information content (AvgIpc) is 3.50. The van der Waals surface area contributed by atoms with Gasteiger partial charge in [-0.1, -0.05) is 11.6 Å². The van der Waals surface area contributed by atoms with Crippen LogP contribution in [0.1, 0.15) is 28.9 Å². The zero-order valence-corrected chi connectivity index (χ0v) is 22.2. The van der Waals surface area contributed by atoms with Crippen molar-refractivity contribution in [1.82, 2.24) is 10.2 Å². The van der Waals surface area contributed by atoms with E-state index in [0.717, 1.165) is 36.4 Å². The van der Waals surface area contributed by atoms with E-state index in [4.69, 9.17) is 21.1 Å². The highest BCUT2D eigenvalue weighted by Gasteiger charge is 2.36. The molecule has 0 saturated carbocycles. The van der Waals surface area contributed by atoms with Gasteiger partial charge >= 0.3 is 6.09 Å². The average molecular weight is 551 g/mol. The van der Waals surface area contributed by atoms with Gasteiger partial charge in [0.2, 0.25) is 0 Å². The lowest BCUT2D eigenvalue weighted by Gasteiger charge is -2.29. The van der Waals surface area contributed by atoms with Gasteiger partial charge in [0, 0.05) is 17.9 Å². The number of thiophene rings is 1. The van der Waals surface area contributed by atoms with Crippen LogP contribution in [-0.2, 0) is 14.3 Å². The third-order valence-electron chi connectivity index (χ3n) is 6.28. The summed E-state index contributed by atoms with van der Waals surface area (Å²) in [5.74, 6) is -0.465. The zero-order chi connectivity index (χ0) is 26.4. The van der Waals surface area contributed by atoms with Gasteiger partial charge < -0.3 is 29.7 Å². The first-order chi connectivity index (χ1) is 17.9. The van der Waals surface area contributed by atoms with Crippen LogP contribution < -0.4 is 15.1 Å². The number of rotatable bonds is 11. The molecule has 200 valence electrons. The monoisotopic (exact) mass is 550 g/mol. The summed E-state index contributed by atoms with van der Waals surface area (Å²) in [6.07, 6.45) is -0.194. The van der Waals surface area contributed by atoms with E-state index >= 15 is 0 Å². The van der Waals surface area contributed by atoms with Gasteiger partial charge in [0.25, 0.3) is 11.8 Å². The predicted molar refractivity (Wildman–Crippen MR) is 141 cm³/mol. The van der Waals surface area contributed by atoms with E-state index in [2.05, 4.69) is 5.32 Å². The smallest absolute Gasteiger partial charge is 0.414 e. The lowest BCUT2D eigenvalue weighted by Crippen LogP contribution is -2.45. The second-order valence-corrected chi connectivity index (χ2v) is 10.6. The number of amides is 3. The molecule has 4 rings (SSSR count). The first kappa shape index (κ1) is 27.3. The molecule has 3 heterocycles.